The molecular weight excluding hydrogens is 384 g/mol. The summed E-state index contributed by atoms with van der Waals surface area (Å²) in [6.45, 7) is 13.5. The fourth-order valence-corrected chi connectivity index (χ4v) is 4.86. The normalized spacial score (nSPS) is 17.8. The minimum Gasteiger partial charge on any atom is -0.464 e. The van der Waals surface area contributed by atoms with Gasteiger partial charge in [0.05, 0.1) is 6.61 Å². The Balaban J connectivity index is 2.09. The van der Waals surface area contributed by atoms with E-state index in [9.17, 15) is 4.79 Å². The Morgan fingerprint density at radius 1 is 1.14 bits per heavy atom. The first-order valence-electron chi connectivity index (χ1n) is 10.7. The molecule has 2 rings (SSSR count). The van der Waals surface area contributed by atoms with Gasteiger partial charge in [0.2, 0.25) is 5.79 Å². The van der Waals surface area contributed by atoms with Gasteiger partial charge in [0, 0.05) is 26.4 Å². The molecule has 0 spiro atoms. The summed E-state index contributed by atoms with van der Waals surface area (Å²) in [7, 11) is -0.418. The SMILES string of the molecule is CCOC(=O)C(Cc1ccc(OC2(O[Si](C)(C)C(C)(C)C)CCCC2)cc1)OC. The van der Waals surface area contributed by atoms with E-state index in [1.165, 1.54) is 7.11 Å². The van der Waals surface area contributed by atoms with Crippen LogP contribution in [0.4, 0.5) is 0 Å². The van der Waals surface area contributed by atoms with Crippen LogP contribution in [-0.4, -0.2) is 39.9 Å². The number of rotatable bonds is 9. The summed E-state index contributed by atoms with van der Waals surface area (Å²) in [6, 6.07) is 7.88. The minimum absolute atomic E-state index is 0.137. The van der Waals surface area contributed by atoms with Crippen LogP contribution in [-0.2, 0) is 25.1 Å². The van der Waals surface area contributed by atoms with Gasteiger partial charge >= 0.3 is 5.97 Å². The number of carbonyl (C=O) groups excluding carboxylic acids is 1. The maximum Gasteiger partial charge on any atom is 0.335 e. The van der Waals surface area contributed by atoms with E-state index in [4.69, 9.17) is 18.6 Å². The van der Waals surface area contributed by atoms with E-state index in [0.717, 1.165) is 37.0 Å². The third kappa shape index (κ3) is 6.30. The zero-order chi connectivity index (χ0) is 21.7. The number of carbonyl (C=O) groups is 1. The molecule has 0 aliphatic heterocycles. The first-order chi connectivity index (χ1) is 13.5. The Morgan fingerprint density at radius 2 is 1.72 bits per heavy atom. The molecule has 1 unspecified atom stereocenters. The predicted octanol–water partition coefficient (Wildman–Crippen LogP) is 5.48. The first kappa shape index (κ1) is 23.9. The third-order valence-electron chi connectivity index (χ3n) is 6.10. The van der Waals surface area contributed by atoms with Crippen LogP contribution in [0.1, 0.15) is 58.9 Å². The van der Waals surface area contributed by atoms with Crippen LogP contribution in [0.25, 0.3) is 0 Å². The zero-order valence-electron chi connectivity index (χ0n) is 19.2. The molecule has 164 valence electrons. The monoisotopic (exact) mass is 422 g/mol. The molecule has 1 aromatic carbocycles. The maximum atomic E-state index is 11.9. The average molecular weight is 423 g/mol. The number of hydrogen-bond acceptors (Lipinski definition) is 5. The standard InChI is InChI=1S/C23H38O5Si/c1-8-26-21(24)20(25-5)17-18-11-13-19(14-12-18)27-23(15-9-10-16-23)28-29(6,7)22(2,3)4/h11-14,20H,8-10,15-17H2,1-7H3. The zero-order valence-corrected chi connectivity index (χ0v) is 20.2. The van der Waals surface area contributed by atoms with Crippen molar-refractivity contribution >= 4 is 14.3 Å². The Hall–Kier alpha value is -1.37. The second-order valence-corrected chi connectivity index (χ2v) is 14.1. The van der Waals surface area contributed by atoms with Crippen LogP contribution < -0.4 is 4.74 Å². The summed E-state index contributed by atoms with van der Waals surface area (Å²) in [5, 5.41) is 0.137. The van der Waals surface area contributed by atoms with E-state index in [0.29, 0.717) is 13.0 Å². The smallest absolute Gasteiger partial charge is 0.335 e. The van der Waals surface area contributed by atoms with E-state index in [1.807, 2.05) is 24.3 Å². The molecule has 29 heavy (non-hydrogen) atoms. The summed E-state index contributed by atoms with van der Waals surface area (Å²) in [4.78, 5) is 11.9. The van der Waals surface area contributed by atoms with Gasteiger partial charge < -0.3 is 18.6 Å². The van der Waals surface area contributed by atoms with Crippen molar-refractivity contribution in [1.82, 2.24) is 0 Å². The fraction of sp³-hybridized carbons (Fsp3) is 0.696. The van der Waals surface area contributed by atoms with Crippen molar-refractivity contribution in [3.8, 4) is 5.75 Å². The second-order valence-electron chi connectivity index (χ2n) is 9.41. The Morgan fingerprint density at radius 3 is 2.21 bits per heavy atom. The van der Waals surface area contributed by atoms with Gasteiger partial charge in [-0.2, -0.15) is 0 Å². The number of ether oxygens (including phenoxy) is 3. The average Bonchev–Trinajstić information content (AvgIpc) is 3.07. The van der Waals surface area contributed by atoms with Crippen molar-refractivity contribution in [1.29, 1.82) is 0 Å². The van der Waals surface area contributed by atoms with E-state index >= 15 is 0 Å². The number of methoxy groups -OCH3 is 1. The highest BCUT2D eigenvalue weighted by Gasteiger charge is 2.47. The third-order valence-corrected chi connectivity index (χ3v) is 10.6. The van der Waals surface area contributed by atoms with Crippen LogP contribution in [0.15, 0.2) is 24.3 Å². The summed E-state index contributed by atoms with van der Waals surface area (Å²) >= 11 is 0. The molecule has 1 atom stereocenters. The van der Waals surface area contributed by atoms with Crippen LogP contribution in [0.2, 0.25) is 18.1 Å². The first-order valence-corrected chi connectivity index (χ1v) is 13.6. The van der Waals surface area contributed by atoms with Crippen molar-refractivity contribution in [2.24, 2.45) is 0 Å². The summed E-state index contributed by atoms with van der Waals surface area (Å²) in [6.07, 6.45) is 3.99. The predicted molar refractivity (Wildman–Crippen MR) is 118 cm³/mol. The van der Waals surface area contributed by atoms with Gasteiger partial charge in [0.15, 0.2) is 14.4 Å². The molecule has 0 N–H and O–H groups in total. The quantitative estimate of drug-likeness (QED) is 0.300. The second kappa shape index (κ2) is 9.62. The Bertz CT molecular complexity index is 657. The lowest BCUT2D eigenvalue weighted by atomic mass is 10.1. The molecule has 1 aliphatic rings. The van der Waals surface area contributed by atoms with Crippen molar-refractivity contribution in [2.45, 2.75) is 89.8 Å². The fourth-order valence-electron chi connectivity index (χ4n) is 3.38. The molecule has 0 saturated heterocycles. The van der Waals surface area contributed by atoms with Gasteiger partial charge in [-0.3, -0.25) is 0 Å². The summed E-state index contributed by atoms with van der Waals surface area (Å²) in [5.41, 5.74) is 1.00. The molecule has 1 fully saturated rings. The van der Waals surface area contributed by atoms with Gasteiger partial charge in [0.1, 0.15) is 5.75 Å². The number of benzene rings is 1. The minimum atomic E-state index is -1.95. The molecule has 1 aromatic rings. The van der Waals surface area contributed by atoms with E-state index in [2.05, 4.69) is 33.9 Å². The summed E-state index contributed by atoms with van der Waals surface area (Å²) < 4.78 is 23.6. The van der Waals surface area contributed by atoms with E-state index < -0.39 is 20.2 Å². The molecule has 5 nitrogen and oxygen atoms in total. The Kier molecular flexibility index (Phi) is 7.93. The van der Waals surface area contributed by atoms with Gasteiger partial charge in [-0.15, -0.1) is 0 Å². The van der Waals surface area contributed by atoms with Gasteiger partial charge in [-0.25, -0.2) is 4.79 Å². The molecule has 0 radical (unpaired) electrons. The number of esters is 1. The van der Waals surface area contributed by atoms with Crippen LogP contribution in [0.3, 0.4) is 0 Å². The highest BCUT2D eigenvalue weighted by atomic mass is 28.4. The molecule has 0 heterocycles. The van der Waals surface area contributed by atoms with Crippen molar-refractivity contribution in [3.05, 3.63) is 29.8 Å². The largest absolute Gasteiger partial charge is 0.464 e. The van der Waals surface area contributed by atoms with Crippen molar-refractivity contribution in [3.63, 3.8) is 0 Å². The summed E-state index contributed by atoms with van der Waals surface area (Å²) in [5.74, 6) is -0.0488. The van der Waals surface area contributed by atoms with Crippen molar-refractivity contribution < 1.29 is 23.4 Å². The molecule has 0 aromatic heterocycles. The van der Waals surface area contributed by atoms with Crippen LogP contribution >= 0.6 is 0 Å². The molecule has 0 amide bonds. The van der Waals surface area contributed by atoms with Gasteiger partial charge in [0.25, 0.3) is 0 Å². The number of hydrogen-bond donors (Lipinski definition) is 0. The van der Waals surface area contributed by atoms with E-state index in [-0.39, 0.29) is 11.0 Å². The van der Waals surface area contributed by atoms with Crippen LogP contribution in [0, 0.1) is 0 Å². The molecule has 0 bridgehead atoms. The molecule has 1 saturated carbocycles. The van der Waals surface area contributed by atoms with Crippen LogP contribution in [0.5, 0.6) is 5.75 Å². The lowest BCUT2D eigenvalue weighted by molar-refractivity contribution is -0.154. The highest BCUT2D eigenvalue weighted by Crippen LogP contribution is 2.44. The Labute approximate surface area is 177 Å². The lowest BCUT2D eigenvalue weighted by Crippen LogP contribution is -2.51. The lowest BCUT2D eigenvalue weighted by Gasteiger charge is -2.44. The van der Waals surface area contributed by atoms with E-state index in [1.54, 1.807) is 6.92 Å². The van der Waals surface area contributed by atoms with Gasteiger partial charge in [-0.05, 0) is 55.6 Å². The highest BCUT2D eigenvalue weighted by molar-refractivity contribution is 6.74. The molecular formula is C23H38O5Si. The molecule has 1 aliphatic carbocycles. The maximum absolute atomic E-state index is 11.9. The molecule has 6 heteroatoms. The topological polar surface area (TPSA) is 54.0 Å². The van der Waals surface area contributed by atoms with Crippen molar-refractivity contribution in [2.75, 3.05) is 13.7 Å². The van der Waals surface area contributed by atoms with Gasteiger partial charge in [-0.1, -0.05) is 32.9 Å².